The molecule has 2 aromatic carbocycles. The lowest BCUT2D eigenvalue weighted by molar-refractivity contribution is -0.114. The Hall–Kier alpha value is -2.82. The number of anilines is 1. The minimum Gasteiger partial charge on any atom is -0.356 e. The van der Waals surface area contributed by atoms with Crippen LogP contribution in [0.2, 0.25) is 0 Å². The maximum Gasteiger partial charge on any atom is 0.221 e. The molecule has 1 atom stereocenters. The van der Waals surface area contributed by atoms with Gasteiger partial charge in [0.1, 0.15) is 0 Å². The van der Waals surface area contributed by atoms with Crippen LogP contribution in [-0.4, -0.2) is 31.5 Å². The van der Waals surface area contributed by atoms with E-state index in [4.69, 9.17) is 0 Å². The van der Waals surface area contributed by atoms with Crippen LogP contribution in [0.15, 0.2) is 59.6 Å². The second kappa shape index (κ2) is 11.0. The molecule has 0 aromatic heterocycles. The number of hydrogen-bond acceptors (Lipinski definition) is 2. The number of nitrogens with zero attached hydrogens (tertiary/aromatic N) is 1. The first kappa shape index (κ1) is 20.5. The molecule has 27 heavy (non-hydrogen) atoms. The lowest BCUT2D eigenvalue weighted by Crippen LogP contribution is -2.43. The van der Waals surface area contributed by atoms with Crippen LogP contribution in [0.1, 0.15) is 31.4 Å². The number of guanidine groups is 1. The fraction of sp³-hybridized carbons (Fsp3) is 0.364. The zero-order valence-corrected chi connectivity index (χ0v) is 16.5. The Bertz CT molecular complexity index is 726. The number of hydrogen-bond donors (Lipinski definition) is 3. The molecule has 1 unspecified atom stereocenters. The van der Waals surface area contributed by atoms with Gasteiger partial charge in [0.25, 0.3) is 0 Å². The van der Waals surface area contributed by atoms with Crippen molar-refractivity contribution in [1.29, 1.82) is 0 Å². The highest BCUT2D eigenvalue weighted by molar-refractivity contribution is 5.88. The molecule has 0 saturated carbocycles. The van der Waals surface area contributed by atoms with Gasteiger partial charge in [-0.25, -0.2) is 0 Å². The van der Waals surface area contributed by atoms with E-state index < -0.39 is 0 Å². The highest BCUT2D eigenvalue weighted by Crippen LogP contribution is 2.09. The normalized spacial score (nSPS) is 12.3. The van der Waals surface area contributed by atoms with E-state index in [1.807, 2.05) is 30.3 Å². The summed E-state index contributed by atoms with van der Waals surface area (Å²) in [4.78, 5) is 15.4. The average molecular weight is 367 g/mol. The van der Waals surface area contributed by atoms with E-state index in [0.29, 0.717) is 6.04 Å². The molecule has 3 N–H and O–H groups in total. The number of aliphatic imine (C=N–C) groups is 1. The van der Waals surface area contributed by atoms with Gasteiger partial charge in [-0.05, 0) is 49.4 Å². The SMILES string of the molecule is CN=C(NCCc1ccc(NC(C)=O)cc1)NC(C)CCc1ccccc1. The second-order valence-electron chi connectivity index (χ2n) is 6.70. The van der Waals surface area contributed by atoms with Gasteiger partial charge in [-0.3, -0.25) is 9.79 Å². The van der Waals surface area contributed by atoms with Gasteiger partial charge in [0.15, 0.2) is 5.96 Å². The summed E-state index contributed by atoms with van der Waals surface area (Å²) in [5, 5.41) is 9.59. The molecule has 0 radical (unpaired) electrons. The predicted octanol–water partition coefficient (Wildman–Crippen LogP) is 3.37. The molecule has 0 bridgehead atoms. The zero-order valence-electron chi connectivity index (χ0n) is 16.5. The Morgan fingerprint density at radius 2 is 1.67 bits per heavy atom. The van der Waals surface area contributed by atoms with E-state index in [9.17, 15) is 4.79 Å². The van der Waals surface area contributed by atoms with Crippen LogP contribution < -0.4 is 16.0 Å². The minimum atomic E-state index is -0.0549. The smallest absolute Gasteiger partial charge is 0.221 e. The van der Waals surface area contributed by atoms with E-state index in [1.165, 1.54) is 18.1 Å². The average Bonchev–Trinajstić information content (AvgIpc) is 2.67. The molecule has 2 aromatic rings. The molecular weight excluding hydrogens is 336 g/mol. The number of aryl methyl sites for hydroxylation is 1. The number of nitrogens with one attached hydrogen (secondary N) is 3. The molecule has 0 heterocycles. The monoisotopic (exact) mass is 366 g/mol. The summed E-state index contributed by atoms with van der Waals surface area (Å²) in [6.07, 6.45) is 2.99. The number of benzene rings is 2. The second-order valence-corrected chi connectivity index (χ2v) is 6.70. The minimum absolute atomic E-state index is 0.0549. The number of carbonyl (C=O) groups excluding carboxylic acids is 1. The van der Waals surface area contributed by atoms with Crippen LogP contribution in [0.25, 0.3) is 0 Å². The van der Waals surface area contributed by atoms with Gasteiger partial charge in [0, 0.05) is 32.2 Å². The molecular formula is C22H30N4O. The summed E-state index contributed by atoms with van der Waals surface area (Å²) in [6, 6.07) is 18.8. The quantitative estimate of drug-likeness (QED) is 0.496. The molecule has 0 fully saturated rings. The van der Waals surface area contributed by atoms with Crippen molar-refractivity contribution < 1.29 is 4.79 Å². The van der Waals surface area contributed by atoms with Gasteiger partial charge in [0.2, 0.25) is 5.91 Å². The Balaban J connectivity index is 1.71. The summed E-state index contributed by atoms with van der Waals surface area (Å²) in [5.74, 6) is 0.770. The first-order valence-corrected chi connectivity index (χ1v) is 9.44. The van der Waals surface area contributed by atoms with Gasteiger partial charge in [-0.2, -0.15) is 0 Å². The Morgan fingerprint density at radius 1 is 1.00 bits per heavy atom. The van der Waals surface area contributed by atoms with Crippen molar-refractivity contribution in [1.82, 2.24) is 10.6 Å². The lowest BCUT2D eigenvalue weighted by atomic mass is 10.1. The van der Waals surface area contributed by atoms with Gasteiger partial charge in [-0.15, -0.1) is 0 Å². The van der Waals surface area contributed by atoms with Crippen molar-refractivity contribution >= 4 is 17.6 Å². The Kier molecular flexibility index (Phi) is 8.36. The highest BCUT2D eigenvalue weighted by Gasteiger charge is 2.05. The predicted molar refractivity (Wildman–Crippen MR) is 113 cm³/mol. The van der Waals surface area contributed by atoms with Gasteiger partial charge >= 0.3 is 0 Å². The summed E-state index contributed by atoms with van der Waals surface area (Å²) in [5.41, 5.74) is 3.39. The van der Waals surface area contributed by atoms with E-state index in [2.05, 4.69) is 52.1 Å². The molecule has 144 valence electrons. The van der Waals surface area contributed by atoms with E-state index >= 15 is 0 Å². The maximum atomic E-state index is 11.1. The number of rotatable bonds is 8. The molecule has 1 amide bonds. The summed E-state index contributed by atoms with van der Waals surface area (Å²) in [7, 11) is 1.79. The van der Waals surface area contributed by atoms with Crippen molar-refractivity contribution in [2.24, 2.45) is 4.99 Å². The summed E-state index contributed by atoms with van der Waals surface area (Å²) >= 11 is 0. The number of amides is 1. The summed E-state index contributed by atoms with van der Waals surface area (Å²) in [6.45, 7) is 4.48. The van der Waals surface area contributed by atoms with E-state index in [1.54, 1.807) is 7.05 Å². The van der Waals surface area contributed by atoms with Crippen LogP contribution in [0.5, 0.6) is 0 Å². The first-order valence-electron chi connectivity index (χ1n) is 9.44. The third-order valence-electron chi connectivity index (χ3n) is 4.30. The molecule has 0 aliphatic carbocycles. The first-order chi connectivity index (χ1) is 13.1. The zero-order chi connectivity index (χ0) is 19.5. The lowest BCUT2D eigenvalue weighted by Gasteiger charge is -2.18. The van der Waals surface area contributed by atoms with Crippen molar-refractivity contribution in [3.63, 3.8) is 0 Å². The molecule has 5 heteroatoms. The molecule has 0 aliphatic rings. The molecule has 0 saturated heterocycles. The number of carbonyl (C=O) groups is 1. The van der Waals surface area contributed by atoms with Crippen LogP contribution >= 0.6 is 0 Å². The molecule has 0 aliphatic heterocycles. The van der Waals surface area contributed by atoms with E-state index in [-0.39, 0.29) is 5.91 Å². The summed E-state index contributed by atoms with van der Waals surface area (Å²) < 4.78 is 0. The third kappa shape index (κ3) is 7.94. The standard InChI is InChI=1S/C22H30N4O/c1-17(9-10-19-7-5-4-6-8-19)25-22(23-3)24-16-15-20-11-13-21(14-12-20)26-18(2)27/h4-8,11-14,17H,9-10,15-16H2,1-3H3,(H,26,27)(H2,23,24,25). The molecule has 2 rings (SSSR count). The van der Waals surface area contributed by atoms with E-state index in [0.717, 1.165) is 37.5 Å². The maximum absolute atomic E-state index is 11.1. The largest absolute Gasteiger partial charge is 0.356 e. The highest BCUT2D eigenvalue weighted by atomic mass is 16.1. The third-order valence-corrected chi connectivity index (χ3v) is 4.30. The van der Waals surface area contributed by atoms with Crippen molar-refractivity contribution in [3.8, 4) is 0 Å². The fourth-order valence-corrected chi connectivity index (χ4v) is 2.81. The van der Waals surface area contributed by atoms with Gasteiger partial charge in [0.05, 0.1) is 0 Å². The molecule has 0 spiro atoms. The van der Waals surface area contributed by atoms with Crippen LogP contribution in [-0.2, 0) is 17.6 Å². The van der Waals surface area contributed by atoms with Gasteiger partial charge < -0.3 is 16.0 Å². The van der Waals surface area contributed by atoms with Crippen LogP contribution in [0, 0.1) is 0 Å². The van der Waals surface area contributed by atoms with Crippen LogP contribution in [0.3, 0.4) is 0 Å². The Morgan fingerprint density at radius 3 is 2.30 bits per heavy atom. The van der Waals surface area contributed by atoms with Crippen LogP contribution in [0.4, 0.5) is 5.69 Å². The van der Waals surface area contributed by atoms with Crippen molar-refractivity contribution in [2.75, 3.05) is 18.9 Å². The van der Waals surface area contributed by atoms with Crippen molar-refractivity contribution in [2.45, 2.75) is 39.2 Å². The fourth-order valence-electron chi connectivity index (χ4n) is 2.81. The molecule has 5 nitrogen and oxygen atoms in total. The Labute approximate surface area is 162 Å². The van der Waals surface area contributed by atoms with Crippen molar-refractivity contribution in [3.05, 3.63) is 65.7 Å². The van der Waals surface area contributed by atoms with Gasteiger partial charge in [-0.1, -0.05) is 42.5 Å². The topological polar surface area (TPSA) is 65.5 Å².